The first-order valence-electron chi connectivity index (χ1n) is 7.68. The minimum Gasteiger partial charge on any atom is -0.406 e. The van der Waals surface area contributed by atoms with Gasteiger partial charge in [-0.25, -0.2) is 0 Å². The summed E-state index contributed by atoms with van der Waals surface area (Å²) in [6, 6.07) is 4.00. The lowest BCUT2D eigenvalue weighted by Gasteiger charge is -2.17. The van der Waals surface area contributed by atoms with Gasteiger partial charge in [0, 0.05) is 0 Å². The minimum atomic E-state index is -4.75. The molecule has 4 N–H and O–H groups in total. The van der Waals surface area contributed by atoms with Crippen molar-refractivity contribution in [1.29, 1.82) is 0 Å². The van der Waals surface area contributed by atoms with Gasteiger partial charge in [0.2, 0.25) is 11.8 Å². The van der Waals surface area contributed by atoms with Crippen LogP contribution in [0.15, 0.2) is 24.3 Å². The molecule has 0 bridgehead atoms. The van der Waals surface area contributed by atoms with E-state index in [1.165, 1.54) is 12.1 Å². The molecule has 1 unspecified atom stereocenters. The first-order valence-corrected chi connectivity index (χ1v) is 7.68. The van der Waals surface area contributed by atoms with Crippen LogP contribution in [0.3, 0.4) is 0 Å². The van der Waals surface area contributed by atoms with Crippen LogP contribution in [0.5, 0.6) is 5.75 Å². The molecule has 2 amide bonds. The average Bonchev–Trinajstić information content (AvgIpc) is 2.50. The van der Waals surface area contributed by atoms with Gasteiger partial charge in [-0.1, -0.05) is 26.0 Å². The van der Waals surface area contributed by atoms with Crippen molar-refractivity contribution in [2.45, 2.75) is 39.2 Å². The number of amides is 2. The standard InChI is InChI=1S/C16H22F3N3O3.ClH/c1-9(2)14(20)15(24)21-8-13(23)22-10(3)11-4-6-12(7-5-11)25-16(17,18)19;/h4-7,9-10,14H,8,20H2,1-3H3,(H,21,24)(H,22,23);1H/t10?,14-;/m0./s1. The Kier molecular flexibility index (Phi) is 9.44. The van der Waals surface area contributed by atoms with Gasteiger partial charge < -0.3 is 21.1 Å². The van der Waals surface area contributed by atoms with Crippen molar-refractivity contribution < 1.29 is 27.5 Å². The van der Waals surface area contributed by atoms with Crippen molar-refractivity contribution in [2.24, 2.45) is 11.7 Å². The summed E-state index contributed by atoms with van der Waals surface area (Å²) in [7, 11) is 0. The largest absolute Gasteiger partial charge is 0.573 e. The molecule has 1 aromatic carbocycles. The maximum Gasteiger partial charge on any atom is 0.573 e. The third-order valence-corrected chi connectivity index (χ3v) is 3.44. The van der Waals surface area contributed by atoms with Crippen LogP contribution >= 0.6 is 12.4 Å². The van der Waals surface area contributed by atoms with Crippen LogP contribution in [0.25, 0.3) is 0 Å². The second kappa shape index (κ2) is 10.2. The van der Waals surface area contributed by atoms with E-state index < -0.39 is 30.3 Å². The smallest absolute Gasteiger partial charge is 0.406 e. The number of hydrogen-bond acceptors (Lipinski definition) is 4. The quantitative estimate of drug-likeness (QED) is 0.658. The maximum atomic E-state index is 12.1. The fourth-order valence-corrected chi connectivity index (χ4v) is 1.92. The summed E-state index contributed by atoms with van der Waals surface area (Å²) in [5.41, 5.74) is 6.25. The summed E-state index contributed by atoms with van der Waals surface area (Å²) in [6.07, 6.45) is -4.75. The molecule has 26 heavy (non-hydrogen) atoms. The highest BCUT2D eigenvalue weighted by Gasteiger charge is 2.31. The lowest BCUT2D eigenvalue weighted by Crippen LogP contribution is -2.47. The zero-order chi connectivity index (χ0) is 19.2. The number of ether oxygens (including phenoxy) is 1. The number of benzene rings is 1. The lowest BCUT2D eigenvalue weighted by atomic mass is 10.1. The van der Waals surface area contributed by atoms with Crippen molar-refractivity contribution in [3.63, 3.8) is 0 Å². The average molecular weight is 398 g/mol. The third kappa shape index (κ3) is 8.39. The van der Waals surface area contributed by atoms with Gasteiger partial charge in [0.1, 0.15) is 5.75 Å². The molecule has 0 saturated heterocycles. The highest BCUT2D eigenvalue weighted by Crippen LogP contribution is 2.24. The Bertz CT molecular complexity index is 595. The van der Waals surface area contributed by atoms with Crippen molar-refractivity contribution in [1.82, 2.24) is 10.6 Å². The molecule has 0 heterocycles. The molecule has 0 aliphatic rings. The fraction of sp³-hybridized carbons (Fsp3) is 0.500. The van der Waals surface area contributed by atoms with Crippen LogP contribution in [0.4, 0.5) is 13.2 Å². The van der Waals surface area contributed by atoms with E-state index in [1.54, 1.807) is 20.8 Å². The van der Waals surface area contributed by atoms with Crippen molar-refractivity contribution in [3.8, 4) is 5.75 Å². The second-order valence-electron chi connectivity index (χ2n) is 5.89. The van der Waals surface area contributed by atoms with Crippen molar-refractivity contribution in [2.75, 3.05) is 6.54 Å². The van der Waals surface area contributed by atoms with E-state index in [1.807, 2.05) is 0 Å². The van der Waals surface area contributed by atoms with E-state index in [0.29, 0.717) is 5.56 Å². The molecule has 0 saturated carbocycles. The minimum absolute atomic E-state index is 0. The molecule has 1 rings (SSSR count). The Morgan fingerprint density at radius 2 is 1.69 bits per heavy atom. The zero-order valence-corrected chi connectivity index (χ0v) is 15.4. The molecule has 10 heteroatoms. The van der Waals surface area contributed by atoms with Crippen LogP contribution in [0.2, 0.25) is 0 Å². The second-order valence-corrected chi connectivity index (χ2v) is 5.89. The van der Waals surface area contributed by atoms with Gasteiger partial charge in [-0.15, -0.1) is 25.6 Å². The number of alkyl halides is 3. The van der Waals surface area contributed by atoms with E-state index in [0.717, 1.165) is 12.1 Å². The van der Waals surface area contributed by atoms with E-state index in [9.17, 15) is 22.8 Å². The van der Waals surface area contributed by atoms with Crippen LogP contribution in [0, 0.1) is 5.92 Å². The highest BCUT2D eigenvalue weighted by atomic mass is 35.5. The SMILES string of the molecule is CC(NC(=O)CNC(=O)[C@@H](N)C(C)C)c1ccc(OC(F)(F)F)cc1.Cl. The topological polar surface area (TPSA) is 93.5 Å². The molecular formula is C16H23ClF3N3O3. The summed E-state index contributed by atoms with van der Waals surface area (Å²) >= 11 is 0. The molecule has 0 aliphatic heterocycles. The number of nitrogens with one attached hydrogen (secondary N) is 2. The van der Waals surface area contributed by atoms with Crippen LogP contribution < -0.4 is 21.1 Å². The molecular weight excluding hydrogens is 375 g/mol. The highest BCUT2D eigenvalue weighted by molar-refractivity contribution is 5.87. The van der Waals surface area contributed by atoms with E-state index in [2.05, 4.69) is 15.4 Å². The van der Waals surface area contributed by atoms with Gasteiger partial charge in [-0.05, 0) is 30.5 Å². The van der Waals surface area contributed by atoms with E-state index in [4.69, 9.17) is 5.73 Å². The number of hydrogen-bond donors (Lipinski definition) is 3. The predicted molar refractivity (Wildman–Crippen MR) is 92.8 cm³/mol. The Hall–Kier alpha value is -2.00. The number of nitrogens with two attached hydrogens (primary N) is 1. The monoisotopic (exact) mass is 397 g/mol. The fourth-order valence-electron chi connectivity index (χ4n) is 1.92. The first kappa shape index (κ1) is 24.0. The number of halogens is 4. The summed E-state index contributed by atoms with van der Waals surface area (Å²) in [6.45, 7) is 5.01. The van der Waals surface area contributed by atoms with E-state index in [-0.39, 0.29) is 30.6 Å². The Balaban J connectivity index is 0.00000625. The molecule has 2 atom stereocenters. The molecule has 0 radical (unpaired) electrons. The lowest BCUT2D eigenvalue weighted by molar-refractivity contribution is -0.274. The van der Waals surface area contributed by atoms with Gasteiger partial charge in [0.25, 0.3) is 0 Å². The van der Waals surface area contributed by atoms with Crippen LogP contribution in [-0.4, -0.2) is 30.8 Å². The third-order valence-electron chi connectivity index (χ3n) is 3.44. The Morgan fingerprint density at radius 3 is 2.15 bits per heavy atom. The Morgan fingerprint density at radius 1 is 1.15 bits per heavy atom. The number of carbonyl (C=O) groups is 2. The van der Waals surface area contributed by atoms with Crippen LogP contribution in [-0.2, 0) is 9.59 Å². The normalized spacial score (nSPS) is 13.4. The summed E-state index contributed by atoms with van der Waals surface area (Å²) in [4.78, 5) is 23.5. The van der Waals surface area contributed by atoms with Gasteiger partial charge >= 0.3 is 6.36 Å². The molecule has 0 fully saturated rings. The zero-order valence-electron chi connectivity index (χ0n) is 14.6. The van der Waals surface area contributed by atoms with Gasteiger partial charge in [-0.2, -0.15) is 0 Å². The predicted octanol–water partition coefficient (Wildman–Crippen LogP) is 2.28. The van der Waals surface area contributed by atoms with E-state index >= 15 is 0 Å². The first-order chi connectivity index (χ1) is 11.5. The molecule has 0 aromatic heterocycles. The summed E-state index contributed by atoms with van der Waals surface area (Å²) in [5, 5.41) is 5.06. The van der Waals surface area contributed by atoms with Gasteiger partial charge in [0.05, 0.1) is 18.6 Å². The number of carbonyl (C=O) groups excluding carboxylic acids is 2. The summed E-state index contributed by atoms with van der Waals surface area (Å²) in [5.74, 6) is -1.26. The molecule has 148 valence electrons. The Labute approximate surface area is 156 Å². The molecule has 1 aromatic rings. The summed E-state index contributed by atoms with van der Waals surface area (Å²) < 4.78 is 40.1. The molecule has 0 spiro atoms. The molecule has 6 nitrogen and oxygen atoms in total. The van der Waals surface area contributed by atoms with Crippen molar-refractivity contribution >= 4 is 24.2 Å². The molecule has 0 aliphatic carbocycles. The number of rotatable bonds is 7. The van der Waals surface area contributed by atoms with Gasteiger partial charge in [-0.3, -0.25) is 9.59 Å². The van der Waals surface area contributed by atoms with Crippen LogP contribution in [0.1, 0.15) is 32.4 Å². The van der Waals surface area contributed by atoms with Crippen molar-refractivity contribution in [3.05, 3.63) is 29.8 Å². The van der Waals surface area contributed by atoms with Gasteiger partial charge in [0.15, 0.2) is 0 Å². The maximum absolute atomic E-state index is 12.1.